The molecule has 4 aromatic rings. The summed E-state index contributed by atoms with van der Waals surface area (Å²) in [5.41, 5.74) is 3.05. The van der Waals surface area contributed by atoms with Crippen molar-refractivity contribution < 1.29 is 14.1 Å². The quantitative estimate of drug-likeness (QED) is 0.188. The second-order valence-electron chi connectivity index (χ2n) is 8.32. The van der Waals surface area contributed by atoms with E-state index in [9.17, 15) is 19.3 Å². The van der Waals surface area contributed by atoms with E-state index >= 15 is 0 Å². The second-order valence-corrected chi connectivity index (χ2v) is 9.26. The summed E-state index contributed by atoms with van der Waals surface area (Å²) in [6.45, 7) is 1.77. The van der Waals surface area contributed by atoms with E-state index in [2.05, 4.69) is 20.7 Å². The lowest BCUT2D eigenvalue weighted by Gasteiger charge is -2.28. The first-order valence-corrected chi connectivity index (χ1v) is 12.3. The molecule has 0 aliphatic carbocycles. The molecule has 0 radical (unpaired) electrons. The van der Waals surface area contributed by atoms with Gasteiger partial charge in [-0.25, -0.2) is 9.07 Å². The Labute approximate surface area is 215 Å². The topological polar surface area (TPSA) is 115 Å². The number of hydrogen-bond acceptors (Lipinski definition) is 7. The first kappa shape index (κ1) is 24.2. The van der Waals surface area contributed by atoms with Crippen molar-refractivity contribution in [1.82, 2.24) is 14.8 Å². The lowest BCUT2D eigenvalue weighted by Crippen LogP contribution is -2.31. The van der Waals surface area contributed by atoms with Gasteiger partial charge in [-0.1, -0.05) is 54.2 Å². The van der Waals surface area contributed by atoms with Gasteiger partial charge in [-0.3, -0.25) is 14.9 Å². The zero-order chi connectivity index (χ0) is 25.9. The number of non-ortho nitro benzene ring substituents is 1. The van der Waals surface area contributed by atoms with Crippen LogP contribution in [0.15, 0.2) is 95.3 Å². The smallest absolute Gasteiger partial charge is 0.269 e. The Kier molecular flexibility index (Phi) is 6.69. The minimum absolute atomic E-state index is 0.0225. The Morgan fingerprint density at radius 3 is 2.59 bits per heavy atom. The van der Waals surface area contributed by atoms with E-state index in [0.717, 1.165) is 5.56 Å². The molecule has 1 aliphatic rings. The summed E-state index contributed by atoms with van der Waals surface area (Å²) in [6, 6.07) is 20.7. The van der Waals surface area contributed by atoms with E-state index in [1.165, 1.54) is 36.0 Å². The summed E-state index contributed by atoms with van der Waals surface area (Å²) in [4.78, 5) is 28.5. The minimum Gasteiger partial charge on any atom is -0.328 e. The van der Waals surface area contributed by atoms with Gasteiger partial charge in [0.25, 0.3) is 11.6 Å². The highest BCUT2D eigenvalue weighted by atomic mass is 32.2. The Morgan fingerprint density at radius 2 is 1.89 bits per heavy atom. The highest BCUT2D eigenvalue weighted by Gasteiger charge is 2.34. The number of thioether (sulfide) groups is 1. The van der Waals surface area contributed by atoms with Crippen LogP contribution in [-0.2, 0) is 10.5 Å². The molecule has 1 amide bonds. The van der Waals surface area contributed by atoms with Gasteiger partial charge in [-0.05, 0) is 42.3 Å². The molecule has 3 aromatic carbocycles. The van der Waals surface area contributed by atoms with E-state index in [-0.39, 0.29) is 11.6 Å². The number of carbonyl (C=O) groups excluding carboxylic acids is 1. The van der Waals surface area contributed by atoms with E-state index in [0.29, 0.717) is 39.4 Å². The average molecular weight is 517 g/mol. The van der Waals surface area contributed by atoms with Crippen molar-refractivity contribution in [2.45, 2.75) is 23.9 Å². The number of halogens is 1. The van der Waals surface area contributed by atoms with Gasteiger partial charge in [0.15, 0.2) is 0 Å². The molecule has 9 nitrogen and oxygen atoms in total. The number of nitro groups is 1. The van der Waals surface area contributed by atoms with Gasteiger partial charge in [0.05, 0.1) is 10.5 Å². The number of anilines is 2. The Bertz CT molecular complexity index is 1500. The fourth-order valence-corrected chi connectivity index (χ4v) is 4.84. The number of allylic oxidation sites excluding steroid dienone is 1. The average Bonchev–Trinajstić information content (AvgIpc) is 3.29. The number of carbonyl (C=O) groups is 1. The molecule has 1 atom stereocenters. The second kappa shape index (κ2) is 10.2. The highest BCUT2D eigenvalue weighted by Crippen LogP contribution is 2.37. The van der Waals surface area contributed by atoms with Crippen LogP contribution in [0.2, 0.25) is 0 Å². The maximum absolute atomic E-state index is 14.2. The third kappa shape index (κ3) is 5.21. The maximum atomic E-state index is 14.2. The van der Waals surface area contributed by atoms with Crippen molar-refractivity contribution in [2.75, 3.05) is 10.6 Å². The Morgan fingerprint density at radius 1 is 1.14 bits per heavy atom. The number of amides is 1. The molecule has 5 rings (SSSR count). The maximum Gasteiger partial charge on any atom is 0.269 e. The van der Waals surface area contributed by atoms with Gasteiger partial charge in [0.1, 0.15) is 11.9 Å². The van der Waals surface area contributed by atoms with Crippen LogP contribution in [0.5, 0.6) is 0 Å². The molecule has 1 aliphatic heterocycles. The first-order valence-electron chi connectivity index (χ1n) is 11.3. The highest BCUT2D eigenvalue weighted by molar-refractivity contribution is 7.98. The van der Waals surface area contributed by atoms with Crippen LogP contribution in [0.25, 0.3) is 0 Å². The summed E-state index contributed by atoms with van der Waals surface area (Å²) in [5, 5.41) is 22.0. The summed E-state index contributed by atoms with van der Waals surface area (Å²) in [6.07, 6.45) is 0. The van der Waals surface area contributed by atoms with Crippen molar-refractivity contribution in [3.8, 4) is 0 Å². The first-order chi connectivity index (χ1) is 17.9. The van der Waals surface area contributed by atoms with E-state index in [1.54, 1.807) is 48.0 Å². The molecule has 1 unspecified atom stereocenters. The minimum atomic E-state index is -0.711. The number of nitrogens with zero attached hydrogens (tertiary/aromatic N) is 4. The number of hydrogen-bond donors (Lipinski definition) is 2. The largest absolute Gasteiger partial charge is 0.328 e. The van der Waals surface area contributed by atoms with Gasteiger partial charge < -0.3 is 10.6 Å². The number of nitrogens with one attached hydrogen (secondary N) is 2. The van der Waals surface area contributed by atoms with Crippen LogP contribution >= 0.6 is 11.8 Å². The van der Waals surface area contributed by atoms with Crippen molar-refractivity contribution in [3.63, 3.8) is 0 Å². The number of fused-ring (bicyclic) bond motifs is 1. The molecule has 2 heterocycles. The molecule has 11 heteroatoms. The SMILES string of the molecule is CC1=C(C(=O)Nc2ccccc2)C(c2cccc(F)c2)n2nc(SCc3ccc([N+](=O)[O-])cc3)nc2N1. The number of aromatic nitrogens is 3. The van der Waals surface area contributed by atoms with Crippen LogP contribution in [-0.4, -0.2) is 25.6 Å². The molecule has 0 spiro atoms. The molecule has 37 heavy (non-hydrogen) atoms. The zero-order valence-electron chi connectivity index (χ0n) is 19.6. The monoisotopic (exact) mass is 516 g/mol. The third-order valence-electron chi connectivity index (χ3n) is 5.79. The molecule has 0 bridgehead atoms. The van der Waals surface area contributed by atoms with Crippen molar-refractivity contribution >= 4 is 35.0 Å². The lowest BCUT2D eigenvalue weighted by molar-refractivity contribution is -0.384. The molecular formula is C26H21FN6O3S. The van der Waals surface area contributed by atoms with Crippen molar-refractivity contribution in [2.24, 2.45) is 0 Å². The number of benzene rings is 3. The summed E-state index contributed by atoms with van der Waals surface area (Å²) in [7, 11) is 0. The van der Waals surface area contributed by atoms with Crippen LogP contribution in [0.1, 0.15) is 24.1 Å². The van der Waals surface area contributed by atoms with Crippen LogP contribution in [0.4, 0.5) is 21.7 Å². The fraction of sp³-hybridized carbons (Fsp3) is 0.115. The Hall–Kier alpha value is -4.51. The van der Waals surface area contributed by atoms with Gasteiger partial charge >= 0.3 is 0 Å². The van der Waals surface area contributed by atoms with Gasteiger partial charge in [0, 0.05) is 29.3 Å². The van der Waals surface area contributed by atoms with Crippen molar-refractivity contribution in [1.29, 1.82) is 0 Å². The van der Waals surface area contributed by atoms with Gasteiger partial charge in [-0.2, -0.15) is 4.98 Å². The third-order valence-corrected chi connectivity index (χ3v) is 6.70. The standard InChI is InChI=1S/C26H21FN6O3S/c1-16-22(24(34)29-20-8-3-2-4-9-20)23(18-6-5-7-19(27)14-18)32-25(28-16)30-26(31-32)37-15-17-10-12-21(13-11-17)33(35)36/h2-14,23H,15H2,1H3,(H,29,34)(H,28,30,31). The van der Waals surface area contributed by atoms with E-state index in [1.807, 2.05) is 18.2 Å². The van der Waals surface area contributed by atoms with Crippen LogP contribution in [0, 0.1) is 15.9 Å². The molecule has 186 valence electrons. The van der Waals surface area contributed by atoms with Gasteiger partial charge in [-0.15, -0.1) is 5.10 Å². The van der Waals surface area contributed by atoms with E-state index in [4.69, 9.17) is 0 Å². The number of para-hydroxylation sites is 1. The normalized spacial score (nSPS) is 14.6. The molecule has 0 saturated heterocycles. The van der Waals surface area contributed by atoms with Crippen molar-refractivity contribution in [3.05, 3.63) is 117 Å². The molecule has 0 saturated carbocycles. The molecule has 2 N–H and O–H groups in total. The number of rotatable bonds is 7. The number of nitro benzene ring substituents is 1. The molecule has 0 fully saturated rings. The summed E-state index contributed by atoms with van der Waals surface area (Å²) >= 11 is 1.35. The predicted octanol–water partition coefficient (Wildman–Crippen LogP) is 5.55. The lowest BCUT2D eigenvalue weighted by atomic mass is 9.95. The van der Waals surface area contributed by atoms with Gasteiger partial charge in [0.2, 0.25) is 11.1 Å². The van der Waals surface area contributed by atoms with E-state index < -0.39 is 16.8 Å². The molecular weight excluding hydrogens is 495 g/mol. The summed E-state index contributed by atoms with van der Waals surface area (Å²) < 4.78 is 15.8. The van der Waals surface area contributed by atoms with Crippen LogP contribution < -0.4 is 10.6 Å². The molecule has 1 aromatic heterocycles. The fourth-order valence-electron chi connectivity index (χ4n) is 4.05. The van der Waals surface area contributed by atoms with Crippen LogP contribution in [0.3, 0.4) is 0 Å². The predicted molar refractivity (Wildman–Crippen MR) is 139 cm³/mol. The Balaban J connectivity index is 1.45. The summed E-state index contributed by atoms with van der Waals surface area (Å²) in [5.74, 6) is 0.145. The zero-order valence-corrected chi connectivity index (χ0v) is 20.4.